The minimum Gasteiger partial charge on any atom is -0.311 e. The SMILES string of the molecule is C=[N+]1C=CC(c2cnc[c-]3[o+]cc(CC(C)C)c23)=C[C-]1c1cc(C(C)(C)C)c2ccccc2c1. The number of furan rings is 1. The second-order valence-electron chi connectivity index (χ2n) is 10.7. The zero-order chi connectivity index (χ0) is 24.0. The van der Waals surface area contributed by atoms with Gasteiger partial charge in [0, 0.05) is 0 Å². The third-order valence-electron chi connectivity index (χ3n) is 6.50. The first kappa shape index (κ1) is 22.2. The second-order valence-corrected chi connectivity index (χ2v) is 10.7. The van der Waals surface area contributed by atoms with Crippen LogP contribution in [0.4, 0.5) is 0 Å². The van der Waals surface area contributed by atoms with Crippen molar-refractivity contribution in [2.45, 2.75) is 46.5 Å². The van der Waals surface area contributed by atoms with Crippen LogP contribution in [-0.4, -0.2) is 16.3 Å². The van der Waals surface area contributed by atoms with Crippen molar-refractivity contribution in [3.63, 3.8) is 0 Å². The molecule has 0 radical (unpaired) electrons. The zero-order valence-electron chi connectivity index (χ0n) is 20.7. The molecule has 0 unspecified atom stereocenters. The summed E-state index contributed by atoms with van der Waals surface area (Å²) in [5.41, 5.74) is 6.80. The fourth-order valence-corrected chi connectivity index (χ4v) is 4.89. The molecular formula is C31H32N2O. The van der Waals surface area contributed by atoms with Gasteiger partial charge in [-0.25, -0.2) is 0 Å². The molecule has 0 aliphatic carbocycles. The van der Waals surface area contributed by atoms with E-state index < -0.39 is 0 Å². The molecule has 5 rings (SSSR count). The van der Waals surface area contributed by atoms with Crippen LogP contribution in [0.5, 0.6) is 0 Å². The van der Waals surface area contributed by atoms with Gasteiger partial charge in [0.05, 0.1) is 12.9 Å². The van der Waals surface area contributed by atoms with E-state index in [2.05, 4.69) is 94.9 Å². The van der Waals surface area contributed by atoms with E-state index in [4.69, 9.17) is 4.42 Å². The third-order valence-corrected chi connectivity index (χ3v) is 6.50. The fourth-order valence-electron chi connectivity index (χ4n) is 4.89. The van der Waals surface area contributed by atoms with Gasteiger partial charge in [-0.15, -0.1) is 0 Å². The minimum atomic E-state index is 0.0251. The first-order valence-electron chi connectivity index (χ1n) is 12.0. The molecule has 172 valence electrons. The molecule has 0 fully saturated rings. The molecule has 0 spiro atoms. The van der Waals surface area contributed by atoms with E-state index in [1.54, 1.807) is 0 Å². The molecule has 0 saturated carbocycles. The van der Waals surface area contributed by atoms with E-state index in [1.807, 2.05) is 29.4 Å². The molecule has 3 nitrogen and oxygen atoms in total. The molecule has 0 saturated heterocycles. The Bertz CT molecular complexity index is 1460. The summed E-state index contributed by atoms with van der Waals surface area (Å²) in [6, 6.07) is 14.3. The van der Waals surface area contributed by atoms with Crippen LogP contribution in [0.25, 0.3) is 27.3 Å². The van der Waals surface area contributed by atoms with E-state index in [-0.39, 0.29) is 5.41 Å². The molecule has 4 aromatic rings. The lowest BCUT2D eigenvalue weighted by Gasteiger charge is -2.27. The maximum Gasteiger partial charge on any atom is 0.283 e. The van der Waals surface area contributed by atoms with Crippen molar-refractivity contribution >= 4 is 34.0 Å². The number of rotatable bonds is 4. The van der Waals surface area contributed by atoms with E-state index in [1.165, 1.54) is 21.9 Å². The smallest absolute Gasteiger partial charge is 0.283 e. The topological polar surface area (TPSA) is 27.2 Å². The van der Waals surface area contributed by atoms with Crippen molar-refractivity contribution < 1.29 is 8.99 Å². The molecule has 2 aromatic heterocycles. The Morgan fingerprint density at radius 3 is 2.71 bits per heavy atom. The van der Waals surface area contributed by atoms with Crippen molar-refractivity contribution in [3.8, 4) is 0 Å². The number of pyridine rings is 1. The van der Waals surface area contributed by atoms with Gasteiger partial charge in [0.25, 0.3) is 5.58 Å². The average Bonchev–Trinajstić information content (AvgIpc) is 3.20. The number of benzene rings is 2. The predicted octanol–water partition coefficient (Wildman–Crippen LogP) is 7.68. The number of hydrogen-bond donors (Lipinski definition) is 0. The van der Waals surface area contributed by atoms with Crippen LogP contribution in [0.3, 0.4) is 0 Å². The average molecular weight is 449 g/mol. The Balaban J connectivity index is 1.66. The van der Waals surface area contributed by atoms with Gasteiger partial charge in [-0.3, -0.25) is 9.56 Å². The van der Waals surface area contributed by atoms with Crippen LogP contribution in [0.2, 0.25) is 0 Å². The fraction of sp³-hybridized carbons (Fsp3) is 0.258. The van der Waals surface area contributed by atoms with E-state index in [0.29, 0.717) is 5.92 Å². The molecule has 34 heavy (non-hydrogen) atoms. The molecule has 0 amide bonds. The quantitative estimate of drug-likeness (QED) is 0.182. The Morgan fingerprint density at radius 2 is 1.94 bits per heavy atom. The van der Waals surface area contributed by atoms with Crippen molar-refractivity contribution in [1.29, 1.82) is 0 Å². The van der Waals surface area contributed by atoms with Crippen LogP contribution < -0.4 is 0 Å². The lowest BCUT2D eigenvalue weighted by Crippen LogP contribution is -2.17. The van der Waals surface area contributed by atoms with Gasteiger partial charge < -0.3 is 4.42 Å². The maximum atomic E-state index is 5.87. The van der Waals surface area contributed by atoms with Crippen molar-refractivity contribution in [3.05, 3.63) is 102 Å². The highest BCUT2D eigenvalue weighted by Crippen LogP contribution is 2.37. The molecule has 0 bridgehead atoms. The molecule has 1 aliphatic rings. The van der Waals surface area contributed by atoms with Gasteiger partial charge >= 0.3 is 0 Å². The highest BCUT2D eigenvalue weighted by molar-refractivity contribution is 5.96. The summed E-state index contributed by atoms with van der Waals surface area (Å²) in [5, 5.41) is 3.70. The highest BCUT2D eigenvalue weighted by atomic mass is 16.3. The first-order valence-corrected chi connectivity index (χ1v) is 12.0. The lowest BCUT2D eigenvalue weighted by atomic mass is 9.81. The summed E-state index contributed by atoms with van der Waals surface area (Å²) in [6.45, 7) is 15.6. The van der Waals surface area contributed by atoms with Gasteiger partial charge in [0.1, 0.15) is 12.2 Å². The van der Waals surface area contributed by atoms with Gasteiger partial charge in [0.2, 0.25) is 6.26 Å². The van der Waals surface area contributed by atoms with Gasteiger partial charge in [0.15, 0.2) is 0 Å². The van der Waals surface area contributed by atoms with E-state index in [0.717, 1.165) is 40.1 Å². The van der Waals surface area contributed by atoms with E-state index >= 15 is 0 Å². The summed E-state index contributed by atoms with van der Waals surface area (Å²) >= 11 is 0. The van der Waals surface area contributed by atoms with Crippen molar-refractivity contribution in [2.75, 3.05) is 0 Å². The Hall–Kier alpha value is -3.59. The van der Waals surface area contributed by atoms with Gasteiger partial charge in [-0.1, -0.05) is 112 Å². The first-order chi connectivity index (χ1) is 16.2. The Morgan fingerprint density at radius 1 is 1.15 bits per heavy atom. The lowest BCUT2D eigenvalue weighted by molar-refractivity contribution is -0.417. The standard InChI is InChI=1S/C31H32N2O/c1-20(2)13-24-19-34-29-18-32-17-26(30(24)29)22-11-12-33(6)28(16-22)23-14-21-9-7-8-10-25(21)27(15-23)31(3,4)5/h7-12,14-20H,6,13H2,1-5H3. The van der Waals surface area contributed by atoms with E-state index in [9.17, 15) is 0 Å². The molecule has 3 heteroatoms. The minimum absolute atomic E-state index is 0.0251. The molecule has 3 heterocycles. The molecule has 1 aliphatic heterocycles. The number of hydrogen-bond acceptors (Lipinski definition) is 1. The zero-order valence-corrected chi connectivity index (χ0v) is 20.7. The van der Waals surface area contributed by atoms with Crippen molar-refractivity contribution in [2.24, 2.45) is 5.92 Å². The monoisotopic (exact) mass is 448 g/mol. The van der Waals surface area contributed by atoms with Crippen LogP contribution in [0.1, 0.15) is 56.9 Å². The summed E-state index contributed by atoms with van der Waals surface area (Å²) in [5.74, 6) is 0.545. The van der Waals surface area contributed by atoms with Crippen LogP contribution in [0, 0.1) is 12.0 Å². The molecular weight excluding hydrogens is 416 g/mol. The maximum absolute atomic E-state index is 5.87. The summed E-state index contributed by atoms with van der Waals surface area (Å²) in [7, 11) is 0. The molecule has 0 N–H and O–H groups in total. The van der Waals surface area contributed by atoms with Gasteiger partial charge in [-0.2, -0.15) is 0 Å². The summed E-state index contributed by atoms with van der Waals surface area (Å²) in [4.78, 5) is 4.48. The highest BCUT2D eigenvalue weighted by Gasteiger charge is 2.23. The number of nitrogens with zero attached hydrogens (tertiary/aromatic N) is 2. The second kappa shape index (κ2) is 8.32. The van der Waals surface area contributed by atoms with Crippen LogP contribution >= 0.6 is 0 Å². The van der Waals surface area contributed by atoms with Crippen molar-refractivity contribution in [1.82, 2.24) is 4.98 Å². The predicted molar refractivity (Wildman–Crippen MR) is 142 cm³/mol. The molecule has 2 aromatic carbocycles. The summed E-state index contributed by atoms with van der Waals surface area (Å²) in [6.07, 6.45) is 13.0. The third kappa shape index (κ3) is 3.96. The number of aromatic nitrogens is 1. The van der Waals surface area contributed by atoms with Crippen LogP contribution in [0.15, 0.2) is 77.8 Å². The van der Waals surface area contributed by atoms with Crippen LogP contribution in [-0.2, 0) is 11.8 Å². The summed E-state index contributed by atoms with van der Waals surface area (Å²) < 4.78 is 7.83. The number of fused-ring (bicyclic) bond motifs is 2. The largest absolute Gasteiger partial charge is 0.311 e. The normalized spacial score (nSPS) is 14.5. The van der Waals surface area contributed by atoms with Gasteiger partial charge in [-0.05, 0) is 39.4 Å². The Labute approximate surface area is 202 Å². The molecule has 0 atom stereocenters. The number of allylic oxidation sites excluding steroid dienone is 2. The Kier molecular flexibility index (Phi) is 5.44.